The topological polar surface area (TPSA) is 69.6 Å². The lowest BCUT2D eigenvalue weighted by Crippen LogP contribution is -2.45. The molecule has 0 spiro atoms. The zero-order valence-corrected chi connectivity index (χ0v) is 46.0. The summed E-state index contributed by atoms with van der Waals surface area (Å²) >= 11 is 0. The Balaban J connectivity index is 3.64. The highest BCUT2D eigenvalue weighted by atomic mass is 16.3. The van der Waals surface area contributed by atoms with Gasteiger partial charge in [-0.3, -0.25) is 4.79 Å². The van der Waals surface area contributed by atoms with Gasteiger partial charge in [0.05, 0.1) is 18.8 Å². The SMILES string of the molecule is CC/C=C\C/C=C\C/C=C\C/C=C\C/C=C\C/C=C\C/C=C\C/C=C\C/C=C\CCCCCC(=O)NC(CO)C(O)/C=C/CCCCCCCCCCCCCCCCCCCCCCCCCCC. The Morgan fingerprint density at radius 2 is 0.629 bits per heavy atom. The lowest BCUT2D eigenvalue weighted by Gasteiger charge is -2.19. The van der Waals surface area contributed by atoms with Crippen molar-refractivity contribution in [1.82, 2.24) is 5.32 Å². The number of aliphatic hydroxyl groups is 2. The Kier molecular flexibility index (Phi) is 57.3. The standard InChI is InChI=1S/C66H113NO3/c1-3-5-7-9-11-13-15-17-19-21-23-25-27-29-31-32-33-34-36-38-40-42-44-46-48-50-52-54-56-58-60-62-66(70)67-64(63-68)65(69)61-59-57-55-53-51-49-47-45-43-41-39-37-35-30-28-26-24-22-20-18-16-14-12-10-8-6-4-2/h5,7,11,13,17,19,23,25,29,31,33-34,38,40,44,46,50,52,59,61,64-65,68-69H,3-4,6,8-10,12,14-16,18,20-22,24,26-28,30,32,35-37,39,41-43,45,47-49,51,53-58,60,62-63H2,1-2H3,(H,67,70)/b7-5-,13-11-,19-17-,25-23-,31-29-,34-33-,40-38-,46-44-,52-50-,61-59+. The van der Waals surface area contributed by atoms with Crippen LogP contribution in [-0.4, -0.2) is 34.9 Å². The molecule has 0 aliphatic carbocycles. The molecule has 2 atom stereocenters. The zero-order chi connectivity index (χ0) is 50.6. The van der Waals surface area contributed by atoms with Gasteiger partial charge >= 0.3 is 0 Å². The summed E-state index contributed by atoms with van der Waals surface area (Å²) in [5.41, 5.74) is 0. The normalized spacial score (nSPS) is 13.7. The molecule has 0 rings (SSSR count). The molecule has 0 aromatic rings. The molecule has 0 heterocycles. The van der Waals surface area contributed by atoms with E-state index in [-0.39, 0.29) is 12.5 Å². The van der Waals surface area contributed by atoms with Gasteiger partial charge in [0, 0.05) is 6.42 Å². The largest absolute Gasteiger partial charge is 0.394 e. The summed E-state index contributed by atoms with van der Waals surface area (Å²) in [5, 5.41) is 23.2. The predicted octanol–water partition coefficient (Wildman–Crippen LogP) is 20.0. The van der Waals surface area contributed by atoms with Crippen molar-refractivity contribution in [1.29, 1.82) is 0 Å². The maximum atomic E-state index is 12.5. The second-order valence-corrected chi connectivity index (χ2v) is 19.7. The van der Waals surface area contributed by atoms with Crippen LogP contribution in [0.2, 0.25) is 0 Å². The molecule has 4 nitrogen and oxygen atoms in total. The highest BCUT2D eigenvalue weighted by Gasteiger charge is 2.18. The Morgan fingerprint density at radius 3 is 0.943 bits per heavy atom. The van der Waals surface area contributed by atoms with Gasteiger partial charge in [-0.1, -0.05) is 296 Å². The highest BCUT2D eigenvalue weighted by Crippen LogP contribution is 2.16. The van der Waals surface area contributed by atoms with Crippen molar-refractivity contribution in [3.63, 3.8) is 0 Å². The van der Waals surface area contributed by atoms with Crippen LogP contribution in [0.3, 0.4) is 0 Å². The summed E-state index contributed by atoms with van der Waals surface area (Å²) in [4.78, 5) is 12.5. The molecule has 0 fully saturated rings. The van der Waals surface area contributed by atoms with Crippen LogP contribution in [0.15, 0.2) is 122 Å². The number of amides is 1. The second-order valence-electron chi connectivity index (χ2n) is 19.7. The van der Waals surface area contributed by atoms with Gasteiger partial charge in [-0.15, -0.1) is 0 Å². The van der Waals surface area contributed by atoms with Crippen molar-refractivity contribution in [3.05, 3.63) is 122 Å². The smallest absolute Gasteiger partial charge is 0.220 e. The maximum Gasteiger partial charge on any atom is 0.220 e. The van der Waals surface area contributed by atoms with Crippen molar-refractivity contribution >= 4 is 5.91 Å². The van der Waals surface area contributed by atoms with E-state index in [0.717, 1.165) is 96.3 Å². The van der Waals surface area contributed by atoms with Crippen LogP contribution in [0.4, 0.5) is 0 Å². The fourth-order valence-corrected chi connectivity index (χ4v) is 8.47. The summed E-state index contributed by atoms with van der Waals surface area (Å²) in [6.07, 6.45) is 92.2. The minimum atomic E-state index is -0.864. The molecule has 0 radical (unpaired) electrons. The molecular weight excluding hydrogens is 855 g/mol. The highest BCUT2D eigenvalue weighted by molar-refractivity contribution is 5.76. The Morgan fingerprint density at radius 1 is 0.357 bits per heavy atom. The average molecular weight is 969 g/mol. The summed E-state index contributed by atoms with van der Waals surface area (Å²) in [6, 6.07) is -0.651. The first kappa shape index (κ1) is 66.8. The summed E-state index contributed by atoms with van der Waals surface area (Å²) in [6.45, 7) is 4.19. The third-order valence-electron chi connectivity index (χ3n) is 13.0. The monoisotopic (exact) mass is 968 g/mol. The minimum Gasteiger partial charge on any atom is -0.394 e. The van der Waals surface area contributed by atoms with E-state index in [1.807, 2.05) is 6.08 Å². The third-order valence-corrected chi connectivity index (χ3v) is 13.0. The molecule has 3 N–H and O–H groups in total. The van der Waals surface area contributed by atoms with Gasteiger partial charge in [0.25, 0.3) is 0 Å². The van der Waals surface area contributed by atoms with E-state index >= 15 is 0 Å². The number of nitrogens with one attached hydrogen (secondary N) is 1. The summed E-state index contributed by atoms with van der Waals surface area (Å²) in [7, 11) is 0. The van der Waals surface area contributed by atoms with Gasteiger partial charge in [0.1, 0.15) is 0 Å². The van der Waals surface area contributed by atoms with E-state index in [1.54, 1.807) is 6.08 Å². The van der Waals surface area contributed by atoms with Gasteiger partial charge < -0.3 is 15.5 Å². The predicted molar refractivity (Wildman–Crippen MR) is 312 cm³/mol. The third kappa shape index (κ3) is 55.7. The quantitative estimate of drug-likeness (QED) is 0.0420. The van der Waals surface area contributed by atoms with Crippen LogP contribution in [0.1, 0.15) is 271 Å². The van der Waals surface area contributed by atoms with E-state index in [9.17, 15) is 15.0 Å². The second kappa shape index (κ2) is 60.1. The molecule has 0 aromatic heterocycles. The Bertz CT molecular complexity index is 1380. The molecule has 1 amide bonds. The van der Waals surface area contributed by atoms with Gasteiger partial charge in [-0.2, -0.15) is 0 Å². The number of hydrogen-bond donors (Lipinski definition) is 3. The van der Waals surface area contributed by atoms with Crippen molar-refractivity contribution in [2.45, 2.75) is 283 Å². The van der Waals surface area contributed by atoms with E-state index in [0.29, 0.717) is 6.42 Å². The van der Waals surface area contributed by atoms with E-state index < -0.39 is 12.1 Å². The van der Waals surface area contributed by atoms with Crippen molar-refractivity contribution in [2.24, 2.45) is 0 Å². The summed E-state index contributed by atoms with van der Waals surface area (Å²) in [5.74, 6) is -0.0983. The van der Waals surface area contributed by atoms with Gasteiger partial charge in [0.2, 0.25) is 5.91 Å². The van der Waals surface area contributed by atoms with Gasteiger partial charge in [0.15, 0.2) is 0 Å². The number of hydrogen-bond acceptors (Lipinski definition) is 3. The molecule has 0 saturated heterocycles. The van der Waals surface area contributed by atoms with Crippen LogP contribution in [0.5, 0.6) is 0 Å². The first-order chi connectivity index (χ1) is 34.7. The molecule has 0 aromatic carbocycles. The van der Waals surface area contributed by atoms with E-state index in [1.165, 1.54) is 154 Å². The Labute approximate surface area is 435 Å². The maximum absolute atomic E-state index is 12.5. The molecule has 2 unspecified atom stereocenters. The molecule has 4 heteroatoms. The van der Waals surface area contributed by atoms with Crippen molar-refractivity contribution in [3.8, 4) is 0 Å². The van der Waals surface area contributed by atoms with E-state index in [4.69, 9.17) is 0 Å². The van der Waals surface area contributed by atoms with E-state index in [2.05, 4.69) is 129 Å². The van der Waals surface area contributed by atoms with Crippen molar-refractivity contribution < 1.29 is 15.0 Å². The number of allylic oxidation sites excluding steroid dienone is 19. The molecule has 0 aliphatic heterocycles. The first-order valence-corrected chi connectivity index (χ1v) is 29.7. The fourth-order valence-electron chi connectivity index (χ4n) is 8.47. The lowest BCUT2D eigenvalue weighted by atomic mass is 10.0. The molecular formula is C66H113NO3. The molecule has 400 valence electrons. The Hall–Kier alpha value is -3.21. The number of carbonyl (C=O) groups excluding carboxylic acids is 1. The number of unbranched alkanes of at least 4 members (excludes halogenated alkanes) is 28. The number of aliphatic hydroxyl groups excluding tert-OH is 2. The van der Waals surface area contributed by atoms with Gasteiger partial charge in [-0.05, 0) is 89.9 Å². The fraction of sp³-hybridized carbons (Fsp3) is 0.682. The van der Waals surface area contributed by atoms with Crippen LogP contribution in [0.25, 0.3) is 0 Å². The van der Waals surface area contributed by atoms with Crippen LogP contribution in [-0.2, 0) is 4.79 Å². The van der Waals surface area contributed by atoms with Crippen LogP contribution >= 0.6 is 0 Å². The molecule has 70 heavy (non-hydrogen) atoms. The number of rotatable bonds is 53. The molecule has 0 aliphatic rings. The molecule has 0 saturated carbocycles. The van der Waals surface area contributed by atoms with Gasteiger partial charge in [-0.25, -0.2) is 0 Å². The lowest BCUT2D eigenvalue weighted by molar-refractivity contribution is -0.123. The van der Waals surface area contributed by atoms with Crippen LogP contribution in [0, 0.1) is 0 Å². The summed E-state index contributed by atoms with van der Waals surface area (Å²) < 4.78 is 0. The average Bonchev–Trinajstić information content (AvgIpc) is 3.36. The molecule has 0 bridgehead atoms. The zero-order valence-electron chi connectivity index (χ0n) is 46.0. The van der Waals surface area contributed by atoms with Crippen LogP contribution < -0.4 is 5.32 Å². The number of carbonyl (C=O) groups is 1. The van der Waals surface area contributed by atoms with Crippen molar-refractivity contribution in [2.75, 3.05) is 6.61 Å². The first-order valence-electron chi connectivity index (χ1n) is 29.7. The minimum absolute atomic E-state index is 0.0983.